The van der Waals surface area contributed by atoms with E-state index >= 15 is 0 Å². The van der Waals surface area contributed by atoms with Gasteiger partial charge >= 0.3 is 0 Å². The highest BCUT2D eigenvalue weighted by atomic mass is 79.9. The second kappa shape index (κ2) is 7.57. The fourth-order valence-corrected chi connectivity index (χ4v) is 3.82. The number of aliphatic hydroxyl groups excluding tert-OH is 1. The van der Waals surface area contributed by atoms with Gasteiger partial charge in [0, 0.05) is 58.8 Å². The fraction of sp³-hybridized carbons (Fsp3) is 0.400. The van der Waals surface area contributed by atoms with Crippen LogP contribution in [0.3, 0.4) is 0 Å². The van der Waals surface area contributed by atoms with Crippen LogP contribution in [0, 0.1) is 0 Å². The summed E-state index contributed by atoms with van der Waals surface area (Å²) in [6.07, 6.45) is 2.28. The van der Waals surface area contributed by atoms with Crippen LogP contribution in [0.25, 0.3) is 0 Å². The number of hydrogen-bond acceptors (Lipinski definition) is 6. The lowest BCUT2D eigenvalue weighted by molar-refractivity contribution is -0.116. The van der Waals surface area contributed by atoms with Crippen molar-refractivity contribution < 1.29 is 9.90 Å². The Morgan fingerprint density at radius 2 is 2.30 bits per heavy atom. The molecular formula is C15H21BrN4O2S. The summed E-state index contributed by atoms with van der Waals surface area (Å²) in [6, 6.07) is 3.98. The van der Waals surface area contributed by atoms with Gasteiger partial charge in [-0.15, -0.1) is 0 Å². The first-order chi connectivity index (χ1) is 10.8. The van der Waals surface area contributed by atoms with Crippen molar-refractivity contribution in [2.24, 2.45) is 11.6 Å². The Morgan fingerprint density at radius 3 is 2.91 bits per heavy atom. The van der Waals surface area contributed by atoms with E-state index < -0.39 is 6.10 Å². The molecule has 0 saturated heterocycles. The minimum atomic E-state index is -0.513. The van der Waals surface area contributed by atoms with E-state index in [-0.39, 0.29) is 5.91 Å². The number of amides is 1. The molecule has 1 unspecified atom stereocenters. The van der Waals surface area contributed by atoms with Gasteiger partial charge in [0.25, 0.3) is 0 Å². The Balaban J connectivity index is 2.18. The molecule has 1 atom stereocenters. The Bertz CT molecular complexity index is 636. The van der Waals surface area contributed by atoms with Crippen LogP contribution in [0.2, 0.25) is 0 Å². The van der Waals surface area contributed by atoms with Crippen LogP contribution in [-0.4, -0.2) is 28.1 Å². The number of benzene rings is 1. The summed E-state index contributed by atoms with van der Waals surface area (Å²) in [6.45, 7) is 3.94. The van der Waals surface area contributed by atoms with Crippen LogP contribution in [0.1, 0.15) is 25.8 Å². The molecule has 5 N–H and O–H groups in total. The summed E-state index contributed by atoms with van der Waals surface area (Å²) in [5.41, 5.74) is 8.39. The lowest BCUT2D eigenvalue weighted by Crippen LogP contribution is -2.25. The minimum Gasteiger partial charge on any atom is -0.401 e. The SMILES string of the molecule is CC(=O)N1CCc2cc(Br)c(SN(N)/C=C(\N)CC(C)O)cc21. The van der Waals surface area contributed by atoms with Crippen molar-refractivity contribution in [2.45, 2.75) is 37.7 Å². The van der Waals surface area contributed by atoms with Crippen LogP contribution in [0.4, 0.5) is 5.69 Å². The van der Waals surface area contributed by atoms with Gasteiger partial charge in [0.05, 0.1) is 6.10 Å². The average molecular weight is 401 g/mol. The first kappa shape index (κ1) is 18.1. The molecule has 1 aliphatic heterocycles. The highest BCUT2D eigenvalue weighted by Crippen LogP contribution is 2.38. The van der Waals surface area contributed by atoms with Crippen LogP contribution < -0.4 is 16.5 Å². The molecule has 1 amide bonds. The van der Waals surface area contributed by atoms with Gasteiger partial charge < -0.3 is 15.7 Å². The molecule has 1 aliphatic rings. The highest BCUT2D eigenvalue weighted by Gasteiger charge is 2.24. The summed E-state index contributed by atoms with van der Waals surface area (Å²) in [5, 5.41) is 9.32. The van der Waals surface area contributed by atoms with Gasteiger partial charge in [-0.2, -0.15) is 0 Å². The number of carbonyl (C=O) groups excluding carboxylic acids is 1. The number of halogens is 1. The lowest BCUT2D eigenvalue weighted by atomic mass is 10.2. The van der Waals surface area contributed by atoms with E-state index in [4.69, 9.17) is 11.6 Å². The summed E-state index contributed by atoms with van der Waals surface area (Å²) in [7, 11) is 0. The molecule has 0 aliphatic carbocycles. The van der Waals surface area contributed by atoms with Crippen molar-refractivity contribution in [2.75, 3.05) is 11.4 Å². The van der Waals surface area contributed by atoms with Crippen molar-refractivity contribution in [3.8, 4) is 0 Å². The molecule has 0 aromatic heterocycles. The Hall–Kier alpha value is -1.22. The molecule has 0 bridgehead atoms. The first-order valence-corrected chi connectivity index (χ1v) is 8.81. The molecule has 0 saturated carbocycles. The van der Waals surface area contributed by atoms with Gasteiger partial charge in [0.2, 0.25) is 5.91 Å². The number of hydrazine groups is 1. The molecule has 6 nitrogen and oxygen atoms in total. The maximum atomic E-state index is 11.7. The summed E-state index contributed by atoms with van der Waals surface area (Å²) in [4.78, 5) is 14.4. The van der Waals surface area contributed by atoms with E-state index in [1.54, 1.807) is 24.9 Å². The third-order valence-corrected chi connectivity index (χ3v) is 5.21. The lowest BCUT2D eigenvalue weighted by Gasteiger charge is -2.18. The Morgan fingerprint density at radius 1 is 1.61 bits per heavy atom. The molecule has 8 heteroatoms. The topological polar surface area (TPSA) is 95.8 Å². The van der Waals surface area contributed by atoms with Gasteiger partial charge in [0.15, 0.2) is 0 Å². The average Bonchev–Trinajstić information content (AvgIpc) is 2.80. The van der Waals surface area contributed by atoms with E-state index in [1.807, 2.05) is 12.1 Å². The number of rotatable bonds is 5. The van der Waals surface area contributed by atoms with Crippen molar-refractivity contribution >= 4 is 39.5 Å². The summed E-state index contributed by atoms with van der Waals surface area (Å²) in [5.74, 6) is 5.98. The first-order valence-electron chi connectivity index (χ1n) is 7.24. The number of aliphatic hydroxyl groups is 1. The molecular weight excluding hydrogens is 380 g/mol. The summed E-state index contributed by atoms with van der Waals surface area (Å²) < 4.78 is 2.32. The number of hydrogen-bond donors (Lipinski definition) is 3. The zero-order chi connectivity index (χ0) is 17.1. The van der Waals surface area contributed by atoms with E-state index in [9.17, 15) is 9.90 Å². The monoisotopic (exact) mass is 400 g/mol. The molecule has 0 fully saturated rings. The van der Waals surface area contributed by atoms with Crippen LogP contribution in [0.15, 0.2) is 33.4 Å². The summed E-state index contributed by atoms with van der Waals surface area (Å²) >= 11 is 4.84. The zero-order valence-corrected chi connectivity index (χ0v) is 15.5. The van der Waals surface area contributed by atoms with Gasteiger partial charge in [-0.1, -0.05) is 0 Å². The van der Waals surface area contributed by atoms with Gasteiger partial charge in [-0.05, 0) is 47.0 Å². The third-order valence-electron chi connectivity index (χ3n) is 3.44. The largest absolute Gasteiger partial charge is 0.401 e. The molecule has 1 aromatic carbocycles. The Labute approximate surface area is 148 Å². The maximum absolute atomic E-state index is 11.7. The van der Waals surface area contributed by atoms with Crippen LogP contribution in [-0.2, 0) is 11.2 Å². The predicted molar refractivity (Wildman–Crippen MR) is 96.3 cm³/mol. The van der Waals surface area contributed by atoms with E-state index in [0.29, 0.717) is 18.7 Å². The van der Waals surface area contributed by atoms with Crippen molar-refractivity contribution in [1.29, 1.82) is 0 Å². The standard InChI is InChI=1S/C15H21BrN4O2S/c1-9(21)5-12(17)8-20(18)23-15-7-14-11(6-13(15)16)3-4-19(14)10(2)22/h6-9,21H,3-5,17-18H2,1-2H3/b12-8-. The Kier molecular flexibility index (Phi) is 5.96. The van der Waals surface area contributed by atoms with Crippen molar-refractivity contribution in [3.63, 3.8) is 0 Å². The smallest absolute Gasteiger partial charge is 0.223 e. The van der Waals surface area contributed by atoms with Crippen LogP contribution in [0.5, 0.6) is 0 Å². The molecule has 1 heterocycles. The van der Waals surface area contributed by atoms with Gasteiger partial charge in [0.1, 0.15) is 0 Å². The molecule has 2 rings (SSSR count). The number of anilines is 1. The molecule has 23 heavy (non-hydrogen) atoms. The van der Waals surface area contributed by atoms with Crippen molar-refractivity contribution in [3.05, 3.63) is 34.1 Å². The zero-order valence-electron chi connectivity index (χ0n) is 13.1. The van der Waals surface area contributed by atoms with Gasteiger partial charge in [-0.25, -0.2) is 5.84 Å². The maximum Gasteiger partial charge on any atom is 0.223 e. The molecule has 0 spiro atoms. The fourth-order valence-electron chi connectivity index (χ4n) is 2.48. The molecule has 0 radical (unpaired) electrons. The van der Waals surface area contributed by atoms with E-state index in [2.05, 4.69) is 15.9 Å². The normalized spacial score (nSPS) is 15.5. The predicted octanol–water partition coefficient (Wildman–Crippen LogP) is 2.11. The number of carbonyl (C=O) groups is 1. The second-order valence-electron chi connectivity index (χ2n) is 5.54. The molecule has 126 valence electrons. The minimum absolute atomic E-state index is 0.0349. The van der Waals surface area contributed by atoms with Gasteiger partial charge in [-0.3, -0.25) is 9.21 Å². The number of nitrogens with two attached hydrogens (primary N) is 2. The quantitative estimate of drug-likeness (QED) is 0.397. The third kappa shape index (κ3) is 4.63. The van der Waals surface area contributed by atoms with Crippen molar-refractivity contribution in [1.82, 2.24) is 4.41 Å². The molecule has 1 aromatic rings. The van der Waals surface area contributed by atoms with Crippen LogP contribution >= 0.6 is 27.9 Å². The van der Waals surface area contributed by atoms with E-state index in [1.165, 1.54) is 16.4 Å². The number of nitrogens with zero attached hydrogens (tertiary/aromatic N) is 2. The van der Waals surface area contributed by atoms with E-state index in [0.717, 1.165) is 27.0 Å². The number of fused-ring (bicyclic) bond motifs is 1. The highest BCUT2D eigenvalue weighted by molar-refractivity contribution is 9.10. The second-order valence-corrected chi connectivity index (χ2v) is 7.44.